The highest BCUT2D eigenvalue weighted by Crippen LogP contribution is 2.47. The molecule has 0 saturated carbocycles. The second-order valence-electron chi connectivity index (χ2n) is 13.5. The lowest BCUT2D eigenvalue weighted by atomic mass is 9.97. The van der Waals surface area contributed by atoms with Gasteiger partial charge < -0.3 is 13.7 Å². The fourth-order valence-corrected chi connectivity index (χ4v) is 9.00. The number of hydrogen-bond acceptors (Lipinski definition) is 5. The van der Waals surface area contributed by atoms with Gasteiger partial charge in [-0.3, -0.25) is 0 Å². The SMILES string of the molecule is c1ccc(-c2ccc(N(c3ccc(-c4c5oc(-c6ccccc6)nc5cc5oc6ccccc6c45)cc3)c3cccc4c3sc3ccccc34)cc2)cc1. The minimum atomic E-state index is 0.585. The average molecular weight is 711 g/mol. The molecule has 11 rings (SSSR count). The largest absolute Gasteiger partial charge is 0.456 e. The Morgan fingerprint density at radius 2 is 1.07 bits per heavy atom. The molecule has 0 atom stereocenters. The van der Waals surface area contributed by atoms with Gasteiger partial charge in [0.15, 0.2) is 5.58 Å². The van der Waals surface area contributed by atoms with Gasteiger partial charge in [0.05, 0.1) is 10.4 Å². The van der Waals surface area contributed by atoms with E-state index in [0.29, 0.717) is 5.89 Å². The number of thiophene rings is 1. The molecule has 254 valence electrons. The van der Waals surface area contributed by atoms with E-state index in [-0.39, 0.29) is 0 Å². The van der Waals surface area contributed by atoms with Crippen LogP contribution >= 0.6 is 11.3 Å². The second-order valence-corrected chi connectivity index (χ2v) is 14.6. The first-order valence-electron chi connectivity index (χ1n) is 18.0. The summed E-state index contributed by atoms with van der Waals surface area (Å²) in [6, 6.07) is 63.8. The van der Waals surface area contributed by atoms with Crippen LogP contribution in [0.2, 0.25) is 0 Å². The predicted molar refractivity (Wildman–Crippen MR) is 225 cm³/mol. The Morgan fingerprint density at radius 1 is 0.463 bits per heavy atom. The van der Waals surface area contributed by atoms with Gasteiger partial charge in [-0.05, 0) is 71.3 Å². The highest BCUT2D eigenvalue weighted by molar-refractivity contribution is 7.26. The predicted octanol–water partition coefficient (Wildman–Crippen LogP) is 14.6. The van der Waals surface area contributed by atoms with Gasteiger partial charge in [0.25, 0.3) is 0 Å². The lowest BCUT2D eigenvalue weighted by Gasteiger charge is -2.26. The molecule has 0 amide bonds. The Kier molecular flexibility index (Phi) is 7.00. The third kappa shape index (κ3) is 4.94. The maximum Gasteiger partial charge on any atom is 0.227 e. The summed E-state index contributed by atoms with van der Waals surface area (Å²) in [6.07, 6.45) is 0. The van der Waals surface area contributed by atoms with Crippen molar-refractivity contribution in [1.29, 1.82) is 0 Å². The lowest BCUT2D eigenvalue weighted by Crippen LogP contribution is -2.10. The zero-order chi connectivity index (χ0) is 35.6. The minimum absolute atomic E-state index is 0.585. The molecular formula is C49H30N2O2S. The molecule has 3 aromatic heterocycles. The topological polar surface area (TPSA) is 42.4 Å². The second kappa shape index (κ2) is 12.3. The molecule has 11 aromatic rings. The molecule has 0 spiro atoms. The molecule has 0 fully saturated rings. The van der Waals surface area contributed by atoms with Crippen molar-refractivity contribution < 1.29 is 8.83 Å². The van der Waals surface area contributed by atoms with E-state index < -0.39 is 0 Å². The van der Waals surface area contributed by atoms with Gasteiger partial charge >= 0.3 is 0 Å². The summed E-state index contributed by atoms with van der Waals surface area (Å²) < 4.78 is 15.6. The van der Waals surface area contributed by atoms with E-state index in [4.69, 9.17) is 13.8 Å². The van der Waals surface area contributed by atoms with E-state index >= 15 is 0 Å². The number of oxazole rings is 1. The molecule has 0 radical (unpaired) electrons. The molecule has 0 aliphatic carbocycles. The van der Waals surface area contributed by atoms with Crippen LogP contribution in [0.25, 0.3) is 86.9 Å². The Labute approximate surface area is 314 Å². The summed E-state index contributed by atoms with van der Waals surface area (Å²) in [5.41, 5.74) is 11.7. The van der Waals surface area contributed by atoms with Crippen LogP contribution < -0.4 is 4.90 Å². The summed E-state index contributed by atoms with van der Waals surface area (Å²) in [5.74, 6) is 0.585. The van der Waals surface area contributed by atoms with Crippen molar-refractivity contribution in [3.8, 4) is 33.7 Å². The fraction of sp³-hybridized carbons (Fsp3) is 0. The maximum atomic E-state index is 6.65. The van der Waals surface area contributed by atoms with Gasteiger partial charge in [-0.15, -0.1) is 11.3 Å². The number of nitrogens with zero attached hydrogens (tertiary/aromatic N) is 2. The molecule has 0 aliphatic heterocycles. The molecule has 3 heterocycles. The normalized spacial score (nSPS) is 11.7. The van der Waals surface area contributed by atoms with Crippen molar-refractivity contribution in [2.24, 2.45) is 0 Å². The van der Waals surface area contributed by atoms with Crippen molar-refractivity contribution in [2.75, 3.05) is 4.90 Å². The number of aromatic nitrogens is 1. The van der Waals surface area contributed by atoms with Gasteiger partial charge in [0.2, 0.25) is 5.89 Å². The first-order chi connectivity index (χ1) is 26.8. The third-order valence-corrected chi connectivity index (χ3v) is 11.5. The summed E-state index contributed by atoms with van der Waals surface area (Å²) in [6.45, 7) is 0. The Balaban J connectivity index is 1.11. The van der Waals surface area contributed by atoms with Gasteiger partial charge in [0, 0.05) is 54.8 Å². The van der Waals surface area contributed by atoms with Gasteiger partial charge in [-0.1, -0.05) is 121 Å². The van der Waals surface area contributed by atoms with Crippen LogP contribution in [0.1, 0.15) is 0 Å². The van der Waals surface area contributed by atoms with Crippen molar-refractivity contribution in [3.05, 3.63) is 182 Å². The van der Waals surface area contributed by atoms with Crippen LogP contribution in [0.5, 0.6) is 0 Å². The van der Waals surface area contributed by atoms with Crippen LogP contribution in [0.4, 0.5) is 17.1 Å². The van der Waals surface area contributed by atoms with E-state index in [9.17, 15) is 0 Å². The maximum absolute atomic E-state index is 6.65. The molecule has 0 N–H and O–H groups in total. The van der Waals surface area contributed by atoms with E-state index in [2.05, 4.69) is 138 Å². The molecule has 0 aliphatic rings. The summed E-state index contributed by atoms with van der Waals surface area (Å²) in [7, 11) is 0. The number of rotatable bonds is 6. The number of anilines is 3. The molecule has 0 unspecified atom stereocenters. The van der Waals surface area contributed by atoms with Crippen molar-refractivity contribution in [3.63, 3.8) is 0 Å². The van der Waals surface area contributed by atoms with Crippen LogP contribution in [0.3, 0.4) is 0 Å². The average Bonchev–Trinajstić information content (AvgIpc) is 3.95. The molecule has 4 nitrogen and oxygen atoms in total. The van der Waals surface area contributed by atoms with E-state index in [1.54, 1.807) is 0 Å². The molecule has 0 bridgehead atoms. The highest BCUT2D eigenvalue weighted by atomic mass is 32.1. The van der Waals surface area contributed by atoms with Gasteiger partial charge in [0.1, 0.15) is 16.7 Å². The third-order valence-electron chi connectivity index (χ3n) is 10.3. The Morgan fingerprint density at radius 3 is 1.83 bits per heavy atom. The number of furan rings is 1. The number of fused-ring (bicyclic) bond motifs is 7. The van der Waals surface area contributed by atoms with Gasteiger partial charge in [-0.25, -0.2) is 4.98 Å². The molecule has 5 heteroatoms. The molecular weight excluding hydrogens is 681 g/mol. The first-order valence-corrected chi connectivity index (χ1v) is 18.8. The first kappa shape index (κ1) is 30.7. The van der Waals surface area contributed by atoms with E-state index in [1.165, 1.54) is 31.3 Å². The standard InChI is InChI=1S/C49H30N2O2S/c1-3-12-31(13-4-1)32-22-26-35(27-23-32)51(41-19-11-18-38-37-16-8-10-21-44(37)54-48(38)41)36-28-24-33(25-29-36)45-46-39-17-7-9-20-42(39)52-43(46)30-40-47(45)53-49(50-40)34-14-5-2-6-15-34/h1-30H. The van der Waals surface area contributed by atoms with E-state index in [1.807, 2.05) is 59.9 Å². The highest BCUT2D eigenvalue weighted by Gasteiger charge is 2.23. The fourth-order valence-electron chi connectivity index (χ4n) is 7.80. The minimum Gasteiger partial charge on any atom is -0.456 e. The quantitative estimate of drug-likeness (QED) is 0.172. The van der Waals surface area contributed by atoms with Crippen LogP contribution in [-0.2, 0) is 0 Å². The van der Waals surface area contributed by atoms with Crippen LogP contribution in [-0.4, -0.2) is 4.98 Å². The lowest BCUT2D eigenvalue weighted by molar-refractivity contribution is 0.621. The Bertz CT molecular complexity index is 3140. The van der Waals surface area contributed by atoms with Crippen LogP contribution in [0, 0.1) is 0 Å². The van der Waals surface area contributed by atoms with Crippen molar-refractivity contribution in [2.45, 2.75) is 0 Å². The van der Waals surface area contributed by atoms with Crippen LogP contribution in [0.15, 0.2) is 191 Å². The monoisotopic (exact) mass is 710 g/mol. The van der Waals surface area contributed by atoms with Crippen molar-refractivity contribution in [1.82, 2.24) is 4.98 Å². The van der Waals surface area contributed by atoms with Gasteiger partial charge in [-0.2, -0.15) is 0 Å². The molecule has 0 saturated heterocycles. The number of benzene rings is 8. The number of hydrogen-bond donors (Lipinski definition) is 0. The van der Waals surface area contributed by atoms with E-state index in [0.717, 1.165) is 66.8 Å². The zero-order valence-corrected chi connectivity index (χ0v) is 29.8. The summed E-state index contributed by atoms with van der Waals surface area (Å²) in [5, 5.41) is 4.60. The molecule has 8 aromatic carbocycles. The summed E-state index contributed by atoms with van der Waals surface area (Å²) >= 11 is 1.84. The summed E-state index contributed by atoms with van der Waals surface area (Å²) in [4.78, 5) is 7.33. The number of para-hydroxylation sites is 1. The zero-order valence-electron chi connectivity index (χ0n) is 28.9. The molecule has 54 heavy (non-hydrogen) atoms. The smallest absolute Gasteiger partial charge is 0.227 e. The Hall–Kier alpha value is -6.95. The van der Waals surface area contributed by atoms with Crippen molar-refractivity contribution >= 4 is 81.6 Å².